The average Bonchev–Trinajstić information content (AvgIpc) is 2.80. The zero-order valence-corrected chi connectivity index (χ0v) is 21.6. The second-order valence-corrected chi connectivity index (χ2v) is 11.0. The summed E-state index contributed by atoms with van der Waals surface area (Å²) < 4.78 is 36.5. The Morgan fingerprint density at radius 1 is 1.33 bits per heavy atom. The molecule has 178 valence electrons. The van der Waals surface area contributed by atoms with Crippen LogP contribution in [0.25, 0.3) is 0 Å². The van der Waals surface area contributed by atoms with Crippen molar-refractivity contribution >= 4 is 48.5 Å². The number of rotatable bonds is 8. The Morgan fingerprint density at radius 3 is 2.73 bits per heavy atom. The SMILES string of the molecule is CCOC(=O)C1CCN(c2ncccc2[N+](=O)[O-])C(Oc2ccc(S(=O)(=O)CC)cc2[AsH2])C1. The number of esters is 1. The topological polar surface area (TPSA) is 129 Å². The van der Waals surface area contributed by atoms with Gasteiger partial charge in [0.15, 0.2) is 0 Å². The van der Waals surface area contributed by atoms with Crippen LogP contribution in [0.15, 0.2) is 41.4 Å². The number of hydrogen-bond donors (Lipinski definition) is 0. The Morgan fingerprint density at radius 2 is 2.09 bits per heavy atom. The van der Waals surface area contributed by atoms with Crippen molar-refractivity contribution in [1.82, 2.24) is 4.98 Å². The van der Waals surface area contributed by atoms with Gasteiger partial charge in [-0.3, -0.25) is 0 Å². The van der Waals surface area contributed by atoms with Crippen molar-refractivity contribution in [2.75, 3.05) is 23.8 Å². The molecule has 1 aliphatic rings. The predicted molar refractivity (Wildman–Crippen MR) is 124 cm³/mol. The number of pyridine rings is 1. The summed E-state index contributed by atoms with van der Waals surface area (Å²) in [7, 11) is -3.37. The third kappa shape index (κ3) is 5.65. The third-order valence-corrected chi connectivity index (χ3v) is 8.07. The summed E-state index contributed by atoms with van der Waals surface area (Å²) in [4.78, 5) is 29.6. The van der Waals surface area contributed by atoms with Crippen molar-refractivity contribution in [3.8, 4) is 5.75 Å². The summed E-state index contributed by atoms with van der Waals surface area (Å²) in [5.74, 6) is -0.182. The fraction of sp³-hybridized carbons (Fsp3) is 0.429. The fourth-order valence-corrected chi connectivity index (χ4v) is 5.54. The van der Waals surface area contributed by atoms with E-state index in [0.29, 0.717) is 23.1 Å². The van der Waals surface area contributed by atoms with E-state index in [4.69, 9.17) is 9.47 Å². The van der Waals surface area contributed by atoms with Gasteiger partial charge in [-0.25, -0.2) is 0 Å². The molecule has 0 saturated carbocycles. The second kappa shape index (κ2) is 10.5. The number of hydrogen-bond acceptors (Lipinski definition) is 9. The second-order valence-electron chi connectivity index (χ2n) is 7.45. The zero-order valence-electron chi connectivity index (χ0n) is 18.3. The molecule has 0 bridgehead atoms. The number of anilines is 1. The van der Waals surface area contributed by atoms with Gasteiger partial charge >= 0.3 is 201 Å². The molecular weight excluding hydrogens is 513 g/mol. The number of sulfone groups is 1. The van der Waals surface area contributed by atoms with Gasteiger partial charge in [-0.15, -0.1) is 0 Å². The van der Waals surface area contributed by atoms with E-state index in [1.165, 1.54) is 41.2 Å². The molecule has 12 heteroatoms. The minimum atomic E-state index is -3.37. The molecule has 2 aromatic rings. The van der Waals surface area contributed by atoms with Crippen LogP contribution in [0.3, 0.4) is 0 Å². The van der Waals surface area contributed by atoms with Gasteiger partial charge in [-0.1, -0.05) is 0 Å². The normalized spacial score (nSPS) is 18.6. The predicted octanol–water partition coefficient (Wildman–Crippen LogP) is 1.23. The molecule has 3 atom stereocenters. The molecule has 1 aromatic carbocycles. The Balaban J connectivity index is 1.96. The van der Waals surface area contributed by atoms with Crippen molar-refractivity contribution in [1.29, 1.82) is 0 Å². The Hall–Kier alpha value is -2.65. The standard InChI is InChI=1S/C21H26AsN3O7S/c1-3-31-21(26)14-9-11-24(20-17(25(27)28)6-5-10-23-20)19(12-14)32-18-8-7-15(13-16(18)22)33(29,30)4-2/h5-8,10,13-14,19H,3-4,9,11-12,22H2,1-2H3. The van der Waals surface area contributed by atoms with Gasteiger partial charge in [0.2, 0.25) is 0 Å². The van der Waals surface area contributed by atoms with Crippen molar-refractivity contribution in [3.05, 3.63) is 46.6 Å². The van der Waals surface area contributed by atoms with E-state index in [1.807, 2.05) is 0 Å². The molecule has 2 heterocycles. The van der Waals surface area contributed by atoms with Crippen LogP contribution in [-0.2, 0) is 19.4 Å². The van der Waals surface area contributed by atoms with Gasteiger partial charge in [-0.05, 0) is 0 Å². The van der Waals surface area contributed by atoms with E-state index in [-0.39, 0.29) is 41.2 Å². The van der Waals surface area contributed by atoms with Crippen LogP contribution in [0, 0.1) is 16.0 Å². The zero-order chi connectivity index (χ0) is 24.2. The van der Waals surface area contributed by atoms with E-state index in [1.54, 1.807) is 30.9 Å². The van der Waals surface area contributed by atoms with Gasteiger partial charge in [0, 0.05) is 0 Å². The summed E-state index contributed by atoms with van der Waals surface area (Å²) in [6, 6.07) is 7.49. The molecule has 3 rings (SSSR count). The summed E-state index contributed by atoms with van der Waals surface area (Å²) in [5.41, 5.74) is -0.161. The Bertz CT molecular complexity index is 1140. The van der Waals surface area contributed by atoms with E-state index in [9.17, 15) is 23.3 Å². The molecule has 33 heavy (non-hydrogen) atoms. The molecule has 0 N–H and O–H groups in total. The van der Waals surface area contributed by atoms with Crippen LogP contribution >= 0.6 is 0 Å². The molecule has 1 saturated heterocycles. The first kappa shape index (κ1) is 25.0. The Kier molecular flexibility index (Phi) is 7.96. The van der Waals surface area contributed by atoms with Crippen LogP contribution in [0.4, 0.5) is 11.5 Å². The molecule has 0 radical (unpaired) electrons. The summed E-state index contributed by atoms with van der Waals surface area (Å²) in [5, 5.41) is 11.6. The average molecular weight is 539 g/mol. The maximum atomic E-state index is 12.4. The van der Waals surface area contributed by atoms with Crippen molar-refractivity contribution in [3.63, 3.8) is 0 Å². The van der Waals surface area contributed by atoms with Gasteiger partial charge in [-0.2, -0.15) is 0 Å². The maximum absolute atomic E-state index is 12.4. The van der Waals surface area contributed by atoms with Crippen LogP contribution in [0.1, 0.15) is 26.7 Å². The first-order valence-corrected chi connectivity index (χ1v) is 13.4. The first-order valence-electron chi connectivity index (χ1n) is 10.5. The number of carbonyl (C=O) groups excluding carboxylic acids is 1. The number of piperidine rings is 1. The third-order valence-electron chi connectivity index (χ3n) is 5.39. The van der Waals surface area contributed by atoms with Gasteiger partial charge < -0.3 is 0 Å². The van der Waals surface area contributed by atoms with Crippen molar-refractivity contribution < 1.29 is 27.6 Å². The Labute approximate surface area is 200 Å². The summed E-state index contributed by atoms with van der Waals surface area (Å²) in [6.07, 6.45) is 1.41. The van der Waals surface area contributed by atoms with Crippen LogP contribution in [0.5, 0.6) is 5.75 Å². The molecule has 0 amide bonds. The van der Waals surface area contributed by atoms with Crippen LogP contribution < -0.4 is 14.0 Å². The van der Waals surface area contributed by atoms with E-state index < -0.39 is 26.9 Å². The quantitative estimate of drug-likeness (QED) is 0.211. The summed E-state index contributed by atoms with van der Waals surface area (Å²) in [6.45, 7) is 3.87. The number of benzene rings is 1. The van der Waals surface area contributed by atoms with Gasteiger partial charge in [0.05, 0.1) is 0 Å². The van der Waals surface area contributed by atoms with Gasteiger partial charge in [0.1, 0.15) is 0 Å². The van der Waals surface area contributed by atoms with Crippen molar-refractivity contribution in [2.24, 2.45) is 5.92 Å². The van der Waals surface area contributed by atoms with Crippen LogP contribution in [0.2, 0.25) is 0 Å². The number of carbonyl (C=O) groups is 1. The van der Waals surface area contributed by atoms with Gasteiger partial charge in [0.25, 0.3) is 0 Å². The monoisotopic (exact) mass is 539 g/mol. The number of ether oxygens (including phenoxy) is 2. The molecule has 10 nitrogen and oxygen atoms in total. The molecule has 1 fully saturated rings. The van der Waals surface area contributed by atoms with E-state index in [0.717, 1.165) is 0 Å². The van der Waals surface area contributed by atoms with E-state index >= 15 is 0 Å². The molecule has 1 aromatic heterocycles. The molecular formula is C21H26AsN3O7S. The molecule has 1 aliphatic heterocycles. The molecule has 3 unspecified atom stereocenters. The number of nitro groups is 1. The van der Waals surface area contributed by atoms with Crippen molar-refractivity contribution in [2.45, 2.75) is 37.8 Å². The number of aromatic nitrogens is 1. The molecule has 0 spiro atoms. The number of nitrogens with zero attached hydrogens (tertiary/aromatic N) is 3. The van der Waals surface area contributed by atoms with Crippen LogP contribution in [-0.4, -0.2) is 66.3 Å². The molecule has 0 aliphatic carbocycles. The fourth-order valence-electron chi connectivity index (χ4n) is 3.65. The first-order chi connectivity index (χ1) is 15.7. The minimum absolute atomic E-state index is 0.0133. The summed E-state index contributed by atoms with van der Waals surface area (Å²) >= 11 is 1.18. The van der Waals surface area contributed by atoms with E-state index in [2.05, 4.69) is 4.98 Å².